The Kier molecular flexibility index (Phi) is 4.95. The van der Waals surface area contributed by atoms with E-state index in [-0.39, 0.29) is 30.1 Å². The summed E-state index contributed by atoms with van der Waals surface area (Å²) in [6, 6.07) is 10.4. The average Bonchev–Trinajstić information content (AvgIpc) is 3.41. The van der Waals surface area contributed by atoms with Gasteiger partial charge in [-0.2, -0.15) is 0 Å². The number of fused-ring (bicyclic) bond motifs is 1. The number of hydrogen-bond donors (Lipinski definition) is 1. The summed E-state index contributed by atoms with van der Waals surface area (Å²) in [6.07, 6.45) is 3.00. The van der Waals surface area contributed by atoms with Gasteiger partial charge in [0.05, 0.1) is 24.5 Å². The highest BCUT2D eigenvalue weighted by Gasteiger charge is 2.21. The molecule has 0 spiro atoms. The monoisotopic (exact) mass is 393 g/mol. The summed E-state index contributed by atoms with van der Waals surface area (Å²) in [5, 5.41) is 3.05. The van der Waals surface area contributed by atoms with E-state index in [2.05, 4.69) is 5.32 Å². The number of benzene rings is 1. The highest BCUT2D eigenvalue weighted by atomic mass is 16.5. The molecule has 3 aromatic heterocycles. The first-order chi connectivity index (χ1) is 14.0. The molecule has 1 amide bonds. The SMILES string of the molecule is Cc1cc2oc(-c3ccco3)c(OCC(=O)NCc3ccco3)c(=O)c2cc1C. The van der Waals surface area contributed by atoms with Crippen LogP contribution in [0.4, 0.5) is 0 Å². The van der Waals surface area contributed by atoms with Crippen LogP contribution < -0.4 is 15.5 Å². The van der Waals surface area contributed by atoms with E-state index in [1.165, 1.54) is 12.5 Å². The Bertz CT molecular complexity index is 1200. The molecule has 0 fully saturated rings. The first kappa shape index (κ1) is 18.6. The molecule has 0 radical (unpaired) electrons. The molecule has 0 aliphatic rings. The van der Waals surface area contributed by atoms with Gasteiger partial charge in [-0.15, -0.1) is 0 Å². The van der Waals surface area contributed by atoms with Gasteiger partial charge in [0.2, 0.25) is 16.9 Å². The van der Waals surface area contributed by atoms with Crippen molar-refractivity contribution in [3.05, 3.63) is 76.0 Å². The summed E-state index contributed by atoms with van der Waals surface area (Å²) < 4.78 is 22.1. The number of furan rings is 2. The van der Waals surface area contributed by atoms with Crippen molar-refractivity contribution in [3.8, 4) is 17.3 Å². The van der Waals surface area contributed by atoms with Gasteiger partial charge in [0.25, 0.3) is 5.91 Å². The van der Waals surface area contributed by atoms with Gasteiger partial charge in [0.1, 0.15) is 11.3 Å². The molecule has 7 nitrogen and oxygen atoms in total. The van der Waals surface area contributed by atoms with Gasteiger partial charge >= 0.3 is 0 Å². The van der Waals surface area contributed by atoms with Gasteiger partial charge in [-0.1, -0.05) is 0 Å². The minimum atomic E-state index is -0.397. The molecular formula is C22H19NO6. The zero-order valence-electron chi connectivity index (χ0n) is 16.0. The second kappa shape index (κ2) is 7.71. The summed E-state index contributed by atoms with van der Waals surface area (Å²) in [6.45, 7) is 3.73. The van der Waals surface area contributed by atoms with Gasteiger partial charge in [0.15, 0.2) is 12.4 Å². The van der Waals surface area contributed by atoms with Crippen LogP contribution in [0.5, 0.6) is 5.75 Å². The Labute approximate surface area is 165 Å². The Morgan fingerprint density at radius 1 is 1.07 bits per heavy atom. The lowest BCUT2D eigenvalue weighted by Crippen LogP contribution is -2.29. The summed E-state index contributed by atoms with van der Waals surface area (Å²) in [5.41, 5.74) is 2.02. The minimum absolute atomic E-state index is 0.0659. The Morgan fingerprint density at radius 2 is 1.83 bits per heavy atom. The van der Waals surface area contributed by atoms with Crippen molar-refractivity contribution < 1.29 is 22.8 Å². The molecule has 148 valence electrons. The molecule has 0 aliphatic heterocycles. The van der Waals surface area contributed by atoms with E-state index in [0.29, 0.717) is 22.5 Å². The minimum Gasteiger partial charge on any atom is -0.476 e. The number of carbonyl (C=O) groups is 1. The number of ether oxygens (including phenoxy) is 1. The number of aryl methyl sites for hydroxylation is 2. The van der Waals surface area contributed by atoms with Crippen LogP contribution in [-0.4, -0.2) is 12.5 Å². The molecular weight excluding hydrogens is 374 g/mol. The lowest BCUT2D eigenvalue weighted by Gasteiger charge is -2.11. The normalized spacial score (nSPS) is 11.0. The van der Waals surface area contributed by atoms with Crippen LogP contribution >= 0.6 is 0 Å². The topological polar surface area (TPSA) is 94.8 Å². The molecule has 0 saturated carbocycles. The van der Waals surface area contributed by atoms with Crippen LogP contribution in [0.15, 0.2) is 67.0 Å². The quantitative estimate of drug-likeness (QED) is 0.533. The third-order valence-corrected chi connectivity index (χ3v) is 4.60. The predicted octanol–water partition coefficient (Wildman–Crippen LogP) is 3.96. The van der Waals surface area contributed by atoms with E-state index in [4.69, 9.17) is 18.0 Å². The van der Waals surface area contributed by atoms with Gasteiger partial charge in [0, 0.05) is 0 Å². The molecule has 4 rings (SSSR count). The van der Waals surface area contributed by atoms with Crippen LogP contribution in [0.2, 0.25) is 0 Å². The van der Waals surface area contributed by atoms with Crippen LogP contribution in [0.3, 0.4) is 0 Å². The van der Waals surface area contributed by atoms with Crippen LogP contribution in [0, 0.1) is 13.8 Å². The summed E-state index contributed by atoms with van der Waals surface area (Å²) >= 11 is 0. The van der Waals surface area contributed by atoms with E-state index in [9.17, 15) is 9.59 Å². The van der Waals surface area contributed by atoms with E-state index in [1.54, 1.807) is 36.4 Å². The number of amides is 1. The highest BCUT2D eigenvalue weighted by molar-refractivity contribution is 5.83. The van der Waals surface area contributed by atoms with Crippen LogP contribution in [-0.2, 0) is 11.3 Å². The third-order valence-electron chi connectivity index (χ3n) is 4.60. The van der Waals surface area contributed by atoms with Gasteiger partial charge in [-0.05, 0) is 61.4 Å². The number of rotatable bonds is 6. The molecule has 4 aromatic rings. The molecule has 0 unspecified atom stereocenters. The maximum absolute atomic E-state index is 13.1. The number of hydrogen-bond acceptors (Lipinski definition) is 6. The summed E-state index contributed by atoms with van der Waals surface area (Å²) in [5.74, 6) is 0.642. The Morgan fingerprint density at radius 3 is 2.55 bits per heavy atom. The van der Waals surface area contributed by atoms with Gasteiger partial charge in [-0.3, -0.25) is 9.59 Å². The summed E-state index contributed by atoms with van der Waals surface area (Å²) in [7, 11) is 0. The van der Waals surface area contributed by atoms with Crippen molar-refractivity contribution in [1.29, 1.82) is 0 Å². The molecule has 0 saturated heterocycles. The fourth-order valence-electron chi connectivity index (χ4n) is 2.92. The van der Waals surface area contributed by atoms with E-state index in [1.807, 2.05) is 13.8 Å². The molecule has 7 heteroatoms. The van der Waals surface area contributed by atoms with E-state index >= 15 is 0 Å². The lowest BCUT2D eigenvalue weighted by atomic mass is 10.1. The average molecular weight is 393 g/mol. The fraction of sp³-hybridized carbons (Fsp3) is 0.182. The van der Waals surface area contributed by atoms with Gasteiger partial charge < -0.3 is 23.3 Å². The molecule has 29 heavy (non-hydrogen) atoms. The maximum atomic E-state index is 13.1. The zero-order chi connectivity index (χ0) is 20.4. The molecule has 0 atom stereocenters. The van der Waals surface area contributed by atoms with Gasteiger partial charge in [-0.25, -0.2) is 0 Å². The first-order valence-electron chi connectivity index (χ1n) is 9.06. The zero-order valence-corrected chi connectivity index (χ0v) is 16.0. The lowest BCUT2D eigenvalue weighted by molar-refractivity contribution is -0.123. The first-order valence-corrected chi connectivity index (χ1v) is 9.06. The highest BCUT2D eigenvalue weighted by Crippen LogP contribution is 2.32. The third kappa shape index (κ3) is 3.80. The van der Waals surface area contributed by atoms with Crippen molar-refractivity contribution in [3.63, 3.8) is 0 Å². The molecule has 0 aliphatic carbocycles. The Balaban J connectivity index is 1.65. The van der Waals surface area contributed by atoms with E-state index < -0.39 is 5.91 Å². The smallest absolute Gasteiger partial charge is 0.258 e. The second-order valence-electron chi connectivity index (χ2n) is 6.64. The molecule has 3 heterocycles. The van der Waals surface area contributed by atoms with Crippen LogP contribution in [0.1, 0.15) is 16.9 Å². The number of nitrogens with one attached hydrogen (secondary N) is 1. The van der Waals surface area contributed by atoms with Crippen molar-refractivity contribution in [2.75, 3.05) is 6.61 Å². The van der Waals surface area contributed by atoms with Crippen molar-refractivity contribution in [2.24, 2.45) is 0 Å². The fourth-order valence-corrected chi connectivity index (χ4v) is 2.92. The second-order valence-corrected chi connectivity index (χ2v) is 6.64. The maximum Gasteiger partial charge on any atom is 0.258 e. The number of carbonyl (C=O) groups excluding carboxylic acids is 1. The van der Waals surface area contributed by atoms with Crippen molar-refractivity contribution in [2.45, 2.75) is 20.4 Å². The molecule has 1 N–H and O–H groups in total. The van der Waals surface area contributed by atoms with Crippen molar-refractivity contribution in [1.82, 2.24) is 5.32 Å². The standard InChI is InChI=1S/C22H19NO6/c1-13-9-16-18(10-14(13)2)29-21(17-6-4-8-27-17)22(20(16)25)28-12-19(24)23-11-15-5-3-7-26-15/h3-10H,11-12H2,1-2H3,(H,23,24). The largest absolute Gasteiger partial charge is 0.476 e. The molecule has 1 aromatic carbocycles. The summed E-state index contributed by atoms with van der Waals surface area (Å²) in [4.78, 5) is 25.2. The van der Waals surface area contributed by atoms with Crippen molar-refractivity contribution >= 4 is 16.9 Å². The Hall–Kier alpha value is -3.74. The molecule has 0 bridgehead atoms. The van der Waals surface area contributed by atoms with Crippen LogP contribution in [0.25, 0.3) is 22.5 Å². The van der Waals surface area contributed by atoms with E-state index in [0.717, 1.165) is 11.1 Å². The predicted molar refractivity (Wildman–Crippen MR) is 106 cm³/mol.